The highest BCUT2D eigenvalue weighted by Gasteiger charge is 2.21. The van der Waals surface area contributed by atoms with Gasteiger partial charge in [0.05, 0.1) is 69.9 Å². The summed E-state index contributed by atoms with van der Waals surface area (Å²) in [5, 5.41) is 63.8. The molecule has 0 saturated carbocycles. The number of nitrogens with zero attached hydrogens (tertiary/aromatic N) is 4. The average molecular weight is 854 g/mol. The highest BCUT2D eigenvalue weighted by Crippen LogP contribution is 2.48. The second-order valence-corrected chi connectivity index (χ2v) is 15.8. The molecule has 0 bridgehead atoms. The summed E-state index contributed by atoms with van der Waals surface area (Å²) in [4.78, 5) is -0.164. The van der Waals surface area contributed by atoms with E-state index in [4.69, 9.17) is 34.6 Å². The molecule has 0 atom stereocenters. The predicted molar refractivity (Wildman–Crippen MR) is 189 cm³/mol. The van der Waals surface area contributed by atoms with Crippen LogP contribution in [0.2, 0.25) is 0 Å². The van der Waals surface area contributed by atoms with Crippen molar-refractivity contribution in [2.45, 2.75) is 14.7 Å². The Morgan fingerprint density at radius 2 is 1.28 bits per heavy atom. The third-order valence-corrected chi connectivity index (χ3v) is 11.5. The van der Waals surface area contributed by atoms with E-state index in [0.717, 1.165) is 0 Å². The van der Waals surface area contributed by atoms with Gasteiger partial charge in [-0.3, -0.25) is 8.37 Å². The van der Waals surface area contributed by atoms with E-state index in [0.29, 0.717) is 12.0 Å². The number of sulfone groups is 2. The topological polar surface area (TPSA) is 308 Å². The first-order valence-electron chi connectivity index (χ1n) is 14.3. The van der Waals surface area contributed by atoms with Gasteiger partial charge in [-0.1, -0.05) is 15.1 Å². The lowest BCUT2D eigenvalue weighted by atomic mass is 10.1. The second kappa shape index (κ2) is 20.8. The van der Waals surface area contributed by atoms with E-state index in [1.54, 1.807) is 0 Å². The minimum absolute atomic E-state index is 0.00237. The molecule has 4 aromatic carbocycles. The summed E-state index contributed by atoms with van der Waals surface area (Å²) in [5.74, 6) is -1.18. The third kappa shape index (κ3) is 11.6. The molecule has 0 aliphatic carbocycles. The number of phenols is 1. The summed E-state index contributed by atoms with van der Waals surface area (Å²) in [6.07, 6.45) is 0. The molecule has 0 heterocycles. The smallest absolute Gasteiger partial charge is 0.197 e. The number of nitrogens with two attached hydrogens (primary N) is 1. The van der Waals surface area contributed by atoms with E-state index >= 15 is 0 Å². The number of anilines is 1. The van der Waals surface area contributed by atoms with Crippen LogP contribution in [-0.2, 0) is 56.2 Å². The number of fused-ring (bicyclic) bond motifs is 1. The number of nitrogen functional groups attached to an aromatic ring is 1. The molecule has 4 aromatic rings. The number of azo groups is 2. The first-order chi connectivity index (χ1) is 25.9. The SMILES string of the molecule is COc1ccc(S(=O)(=O)CCOSOOO)cc1/N=N/c1c(N)ccc2c(O)c(/N=N/c3ccc(S(=O)(=O)CCOSOOO)cc3)c(SOOO)cc12. The van der Waals surface area contributed by atoms with Gasteiger partial charge in [0.1, 0.15) is 22.8 Å². The molecule has 22 nitrogen and oxygen atoms in total. The number of hydrogen-bond acceptors (Lipinski definition) is 25. The molecule has 6 N–H and O–H groups in total. The highest BCUT2D eigenvalue weighted by molar-refractivity contribution is 7.94. The monoisotopic (exact) mass is 853 g/mol. The number of aromatic hydroxyl groups is 1. The lowest BCUT2D eigenvalue weighted by Crippen LogP contribution is -2.11. The van der Waals surface area contributed by atoms with Gasteiger partial charge in [0, 0.05) is 10.8 Å². The van der Waals surface area contributed by atoms with Crippen LogP contribution >= 0.6 is 36.7 Å². The molecule has 0 unspecified atom stereocenters. The minimum Gasteiger partial charge on any atom is -0.505 e. The summed E-state index contributed by atoms with van der Waals surface area (Å²) in [6, 6.07) is 13.5. The van der Waals surface area contributed by atoms with E-state index in [2.05, 4.69) is 48.6 Å². The van der Waals surface area contributed by atoms with Crippen LogP contribution in [0.3, 0.4) is 0 Å². The Balaban J connectivity index is 1.65. The Bertz CT molecular complexity index is 2160. The maximum absolute atomic E-state index is 12.9. The first-order valence-corrected chi connectivity index (χ1v) is 19.7. The molecular weight excluding hydrogens is 827 g/mol. The van der Waals surface area contributed by atoms with Crippen LogP contribution in [0.1, 0.15) is 0 Å². The number of rotatable bonds is 22. The molecule has 0 aromatic heterocycles. The van der Waals surface area contributed by atoms with E-state index in [1.807, 2.05) is 0 Å². The van der Waals surface area contributed by atoms with Crippen molar-refractivity contribution >= 4 is 95.6 Å². The molecule has 292 valence electrons. The van der Waals surface area contributed by atoms with Crippen molar-refractivity contribution in [3.8, 4) is 11.5 Å². The lowest BCUT2D eigenvalue weighted by molar-refractivity contribution is -0.434. The van der Waals surface area contributed by atoms with Crippen LogP contribution in [0.15, 0.2) is 95.8 Å². The fourth-order valence-corrected chi connectivity index (χ4v) is 7.60. The third-order valence-electron chi connectivity index (χ3n) is 6.70. The van der Waals surface area contributed by atoms with E-state index in [1.165, 1.54) is 67.8 Å². The van der Waals surface area contributed by atoms with Crippen molar-refractivity contribution in [2.24, 2.45) is 20.5 Å². The molecule has 0 amide bonds. The number of methoxy groups -OCH3 is 1. The maximum Gasteiger partial charge on any atom is 0.197 e. The number of ether oxygens (including phenoxy) is 1. The molecule has 54 heavy (non-hydrogen) atoms. The van der Waals surface area contributed by atoms with Gasteiger partial charge in [0.25, 0.3) is 0 Å². The van der Waals surface area contributed by atoms with Crippen LogP contribution in [0.4, 0.5) is 28.4 Å². The molecule has 0 saturated heterocycles. The fraction of sp³-hybridized carbons (Fsp3) is 0.185. The quantitative estimate of drug-likeness (QED) is 0.0133. The molecular formula is C27H27N5O17S5. The summed E-state index contributed by atoms with van der Waals surface area (Å²) in [5.41, 5.74) is 6.39. The zero-order valence-electron chi connectivity index (χ0n) is 27.1. The Morgan fingerprint density at radius 1 is 0.685 bits per heavy atom. The van der Waals surface area contributed by atoms with Crippen molar-refractivity contribution in [1.82, 2.24) is 0 Å². The average Bonchev–Trinajstić information content (AvgIpc) is 3.16. The van der Waals surface area contributed by atoms with E-state index in [9.17, 15) is 21.9 Å². The Morgan fingerprint density at radius 3 is 1.89 bits per heavy atom. The molecule has 4 rings (SSSR count). The molecule has 0 aliphatic heterocycles. The molecule has 0 spiro atoms. The van der Waals surface area contributed by atoms with Crippen molar-refractivity contribution in [3.05, 3.63) is 60.7 Å². The maximum atomic E-state index is 12.9. The van der Waals surface area contributed by atoms with Crippen molar-refractivity contribution in [2.75, 3.05) is 37.6 Å². The van der Waals surface area contributed by atoms with Gasteiger partial charge in [0.2, 0.25) is 0 Å². The van der Waals surface area contributed by atoms with Gasteiger partial charge in [0.15, 0.2) is 50.1 Å². The van der Waals surface area contributed by atoms with Crippen LogP contribution in [0.25, 0.3) is 10.8 Å². The summed E-state index contributed by atoms with van der Waals surface area (Å²) >= 11 is 0.902. The Kier molecular flexibility index (Phi) is 16.6. The number of phenolic OH excluding ortho intramolecular Hbond substituents is 1. The molecule has 0 radical (unpaired) electrons. The summed E-state index contributed by atoms with van der Waals surface area (Å²) in [6.45, 7) is -0.604. The van der Waals surface area contributed by atoms with Crippen molar-refractivity contribution in [1.29, 1.82) is 0 Å². The van der Waals surface area contributed by atoms with Crippen molar-refractivity contribution < 1.29 is 78.9 Å². The van der Waals surface area contributed by atoms with Crippen LogP contribution in [0, 0.1) is 0 Å². The lowest BCUT2D eigenvalue weighted by Gasteiger charge is -2.12. The summed E-state index contributed by atoms with van der Waals surface area (Å²) in [7, 11) is -6.35. The Labute approximate surface area is 318 Å². The van der Waals surface area contributed by atoms with Crippen LogP contribution in [-0.4, -0.2) is 69.5 Å². The van der Waals surface area contributed by atoms with E-state index < -0.39 is 36.9 Å². The predicted octanol–water partition coefficient (Wildman–Crippen LogP) is 6.94. The summed E-state index contributed by atoms with van der Waals surface area (Å²) < 4.78 is 78.6. The van der Waals surface area contributed by atoms with Gasteiger partial charge in [-0.2, -0.15) is 5.11 Å². The van der Waals surface area contributed by atoms with Crippen molar-refractivity contribution in [3.63, 3.8) is 0 Å². The van der Waals surface area contributed by atoms with Gasteiger partial charge in [-0.15, -0.1) is 28.3 Å². The number of hydrogen-bond donors (Lipinski definition) is 5. The normalized spacial score (nSPS) is 12.4. The molecule has 0 aliphatic rings. The van der Waals surface area contributed by atoms with Gasteiger partial charge >= 0.3 is 0 Å². The van der Waals surface area contributed by atoms with Gasteiger partial charge < -0.3 is 15.6 Å². The highest BCUT2D eigenvalue weighted by atomic mass is 32.2. The minimum atomic E-state index is -3.91. The second-order valence-electron chi connectivity index (χ2n) is 9.83. The van der Waals surface area contributed by atoms with Gasteiger partial charge in [-0.05, 0) is 60.7 Å². The first kappa shape index (κ1) is 43.0. The largest absolute Gasteiger partial charge is 0.505 e. The molecule has 27 heteroatoms. The Hall–Kier alpha value is -3.75. The van der Waals surface area contributed by atoms with E-state index in [-0.39, 0.29) is 97.5 Å². The van der Waals surface area contributed by atoms with Crippen LogP contribution < -0.4 is 10.5 Å². The molecule has 0 fully saturated rings. The van der Waals surface area contributed by atoms with Crippen LogP contribution in [0.5, 0.6) is 11.5 Å². The number of benzene rings is 4. The fourth-order valence-electron chi connectivity index (χ4n) is 4.27. The standard InChI is InChI=1S/C27H27N5O17S5/c1-41-23-9-6-18(54(39,40)13-11-43-52-49-46-36)14-22(23)30-31-25-20-15-24(50-47-44-34)26(27(33)19(20)7-8-21(25)28)32-29-16-2-4-17(5-3-16)53(37,38)12-10-42-51-48-45-35/h2-9,14-15,33-36H,10-13,28H2,1H3/b31-30+,32-29+. The van der Waals surface area contributed by atoms with Gasteiger partial charge in [-0.25, -0.2) is 32.6 Å². The zero-order valence-corrected chi connectivity index (χ0v) is 31.2. The zero-order chi connectivity index (χ0) is 39.1.